The quantitative estimate of drug-likeness (QED) is 0.569. The van der Waals surface area contributed by atoms with E-state index in [1.165, 1.54) is 11.3 Å². The molecule has 1 N–H and O–H groups in total. The molecular formula is C21H22N2O4S. The number of hydrogen-bond donors (Lipinski definition) is 1. The Kier molecular flexibility index (Phi) is 6.86. The molecule has 2 aromatic carbocycles. The summed E-state index contributed by atoms with van der Waals surface area (Å²) >= 11 is 1.35. The van der Waals surface area contributed by atoms with Gasteiger partial charge in [-0.1, -0.05) is 18.2 Å². The third-order valence-corrected chi connectivity index (χ3v) is 4.46. The number of nitrogens with zero attached hydrogens (tertiary/aromatic N) is 1. The topological polar surface area (TPSA) is 69.7 Å². The Morgan fingerprint density at radius 3 is 2.54 bits per heavy atom. The fraction of sp³-hybridized carbons (Fsp3) is 0.238. The molecule has 7 heteroatoms. The molecule has 0 radical (unpaired) electrons. The van der Waals surface area contributed by atoms with E-state index in [0.717, 1.165) is 17.1 Å². The van der Waals surface area contributed by atoms with Gasteiger partial charge in [-0.25, -0.2) is 4.98 Å². The van der Waals surface area contributed by atoms with Gasteiger partial charge in [0.15, 0.2) is 11.7 Å². The van der Waals surface area contributed by atoms with Gasteiger partial charge in [0.2, 0.25) is 0 Å². The maximum absolute atomic E-state index is 12.1. The van der Waals surface area contributed by atoms with Crippen LogP contribution in [0, 0.1) is 0 Å². The average molecular weight is 398 g/mol. The fourth-order valence-corrected chi connectivity index (χ4v) is 3.25. The molecule has 6 nitrogen and oxygen atoms in total. The number of anilines is 1. The van der Waals surface area contributed by atoms with E-state index >= 15 is 0 Å². The number of carbonyl (C=O) groups is 1. The Balaban J connectivity index is 1.69. The van der Waals surface area contributed by atoms with Gasteiger partial charge in [0, 0.05) is 10.9 Å². The minimum absolute atomic E-state index is 0.0804. The molecule has 0 saturated heterocycles. The number of para-hydroxylation sites is 1. The van der Waals surface area contributed by atoms with Crippen molar-refractivity contribution in [3.63, 3.8) is 0 Å². The second-order valence-electron chi connectivity index (χ2n) is 5.71. The Morgan fingerprint density at radius 2 is 1.79 bits per heavy atom. The first-order chi connectivity index (χ1) is 13.7. The highest BCUT2D eigenvalue weighted by molar-refractivity contribution is 7.14. The van der Waals surface area contributed by atoms with Gasteiger partial charge >= 0.3 is 0 Å². The van der Waals surface area contributed by atoms with Crippen LogP contribution in [0.25, 0.3) is 11.3 Å². The number of hydrogen-bond acceptors (Lipinski definition) is 6. The molecule has 0 fully saturated rings. The maximum atomic E-state index is 12.1. The highest BCUT2D eigenvalue weighted by atomic mass is 32.1. The summed E-state index contributed by atoms with van der Waals surface area (Å²) in [5.41, 5.74) is 1.54. The number of benzene rings is 2. The lowest BCUT2D eigenvalue weighted by molar-refractivity contribution is -0.118. The van der Waals surface area contributed by atoms with Crippen molar-refractivity contribution in [3.05, 3.63) is 53.9 Å². The zero-order chi connectivity index (χ0) is 19.8. The van der Waals surface area contributed by atoms with E-state index in [0.29, 0.717) is 29.8 Å². The maximum Gasteiger partial charge on any atom is 0.264 e. The molecule has 0 saturated carbocycles. The minimum Gasteiger partial charge on any atom is -0.494 e. The van der Waals surface area contributed by atoms with Crippen molar-refractivity contribution in [1.29, 1.82) is 0 Å². The zero-order valence-electron chi connectivity index (χ0n) is 15.8. The Labute approximate surface area is 168 Å². The van der Waals surface area contributed by atoms with Crippen LogP contribution in [0.1, 0.15) is 13.8 Å². The molecule has 0 bridgehead atoms. The Bertz CT molecular complexity index is 912. The lowest BCUT2D eigenvalue weighted by Gasteiger charge is -2.11. The van der Waals surface area contributed by atoms with Crippen LogP contribution in [0.4, 0.5) is 5.13 Å². The number of carbonyl (C=O) groups excluding carboxylic acids is 1. The first-order valence-corrected chi connectivity index (χ1v) is 9.90. The van der Waals surface area contributed by atoms with Gasteiger partial charge in [-0.05, 0) is 44.2 Å². The number of thiazole rings is 1. The molecule has 3 rings (SSSR count). The van der Waals surface area contributed by atoms with E-state index in [1.54, 1.807) is 12.1 Å². The zero-order valence-corrected chi connectivity index (χ0v) is 16.6. The Morgan fingerprint density at radius 1 is 1.00 bits per heavy atom. The number of amides is 1. The van der Waals surface area contributed by atoms with Gasteiger partial charge < -0.3 is 14.2 Å². The van der Waals surface area contributed by atoms with E-state index in [-0.39, 0.29) is 12.5 Å². The van der Waals surface area contributed by atoms with Crippen LogP contribution < -0.4 is 19.5 Å². The lowest BCUT2D eigenvalue weighted by Crippen LogP contribution is -2.20. The molecule has 1 heterocycles. The smallest absolute Gasteiger partial charge is 0.264 e. The number of rotatable bonds is 9. The highest BCUT2D eigenvalue weighted by Crippen LogP contribution is 2.35. The second kappa shape index (κ2) is 9.75. The molecule has 0 atom stereocenters. The summed E-state index contributed by atoms with van der Waals surface area (Å²) in [6.07, 6.45) is 0. The molecule has 0 aliphatic heterocycles. The van der Waals surface area contributed by atoms with Gasteiger partial charge in [-0.15, -0.1) is 11.3 Å². The third kappa shape index (κ3) is 5.23. The van der Waals surface area contributed by atoms with Crippen LogP contribution >= 0.6 is 11.3 Å². The van der Waals surface area contributed by atoms with Crippen LogP contribution in [0.2, 0.25) is 0 Å². The van der Waals surface area contributed by atoms with E-state index < -0.39 is 0 Å². The predicted molar refractivity (Wildman–Crippen MR) is 110 cm³/mol. The van der Waals surface area contributed by atoms with Gasteiger partial charge in [-0.2, -0.15) is 0 Å². The van der Waals surface area contributed by atoms with Crippen molar-refractivity contribution in [2.75, 3.05) is 25.1 Å². The number of nitrogens with one attached hydrogen (secondary N) is 1. The molecule has 3 aromatic rings. The van der Waals surface area contributed by atoms with Gasteiger partial charge in [0.1, 0.15) is 17.2 Å². The largest absolute Gasteiger partial charge is 0.494 e. The molecule has 0 spiro atoms. The average Bonchev–Trinajstić information content (AvgIpc) is 3.17. The third-order valence-electron chi connectivity index (χ3n) is 3.70. The first kappa shape index (κ1) is 19.7. The van der Waals surface area contributed by atoms with Crippen LogP contribution in [-0.4, -0.2) is 30.7 Å². The summed E-state index contributed by atoms with van der Waals surface area (Å²) in [5.74, 6) is 1.85. The van der Waals surface area contributed by atoms with Crippen molar-refractivity contribution >= 4 is 22.4 Å². The van der Waals surface area contributed by atoms with Crippen molar-refractivity contribution in [1.82, 2.24) is 4.98 Å². The monoisotopic (exact) mass is 398 g/mol. The van der Waals surface area contributed by atoms with E-state index in [9.17, 15) is 4.79 Å². The molecule has 146 valence electrons. The molecule has 1 aromatic heterocycles. The van der Waals surface area contributed by atoms with Crippen molar-refractivity contribution in [3.8, 4) is 28.5 Å². The molecule has 0 aliphatic carbocycles. The summed E-state index contributed by atoms with van der Waals surface area (Å²) in [6.45, 7) is 4.91. The summed E-state index contributed by atoms with van der Waals surface area (Å²) < 4.78 is 16.7. The van der Waals surface area contributed by atoms with Crippen LogP contribution in [0.15, 0.2) is 53.9 Å². The highest BCUT2D eigenvalue weighted by Gasteiger charge is 2.14. The number of aromatic nitrogens is 1. The van der Waals surface area contributed by atoms with Crippen LogP contribution in [-0.2, 0) is 4.79 Å². The summed E-state index contributed by atoms with van der Waals surface area (Å²) in [4.78, 5) is 16.6. The summed E-state index contributed by atoms with van der Waals surface area (Å²) in [7, 11) is 0. The van der Waals surface area contributed by atoms with Crippen molar-refractivity contribution < 1.29 is 19.0 Å². The minimum atomic E-state index is -0.266. The molecule has 28 heavy (non-hydrogen) atoms. The summed E-state index contributed by atoms with van der Waals surface area (Å²) in [6, 6.07) is 14.8. The van der Waals surface area contributed by atoms with Crippen molar-refractivity contribution in [2.24, 2.45) is 0 Å². The standard InChI is InChI=1S/C21H22N2O4S/c1-3-25-16-10-11-19(26-4-2)17(12-16)18-14-28-21(22-18)23-20(24)13-27-15-8-6-5-7-9-15/h5-12,14H,3-4,13H2,1-2H3,(H,22,23,24). The van der Waals surface area contributed by atoms with Crippen molar-refractivity contribution in [2.45, 2.75) is 13.8 Å². The van der Waals surface area contributed by atoms with Gasteiger partial charge in [0.05, 0.1) is 18.9 Å². The SMILES string of the molecule is CCOc1ccc(OCC)c(-c2csc(NC(=O)COc3ccccc3)n2)c1. The molecule has 0 aliphatic rings. The summed E-state index contributed by atoms with van der Waals surface area (Å²) in [5, 5.41) is 5.14. The van der Waals surface area contributed by atoms with E-state index in [1.807, 2.05) is 55.6 Å². The first-order valence-electron chi connectivity index (χ1n) is 9.02. The molecule has 0 unspecified atom stereocenters. The Hall–Kier alpha value is -3.06. The normalized spacial score (nSPS) is 10.4. The fourth-order valence-electron chi connectivity index (χ4n) is 2.52. The van der Waals surface area contributed by atoms with Crippen LogP contribution in [0.3, 0.4) is 0 Å². The van der Waals surface area contributed by atoms with Gasteiger partial charge in [0.25, 0.3) is 5.91 Å². The van der Waals surface area contributed by atoms with E-state index in [4.69, 9.17) is 14.2 Å². The lowest BCUT2D eigenvalue weighted by atomic mass is 10.1. The van der Waals surface area contributed by atoms with E-state index in [2.05, 4.69) is 10.3 Å². The second-order valence-corrected chi connectivity index (χ2v) is 6.57. The predicted octanol–water partition coefficient (Wildman–Crippen LogP) is 4.63. The van der Waals surface area contributed by atoms with Gasteiger partial charge in [-0.3, -0.25) is 10.1 Å². The number of ether oxygens (including phenoxy) is 3. The molecule has 1 amide bonds. The molecular weight excluding hydrogens is 376 g/mol. The van der Waals surface area contributed by atoms with Crippen LogP contribution in [0.5, 0.6) is 17.2 Å².